The molecule has 1 aliphatic rings. The summed E-state index contributed by atoms with van der Waals surface area (Å²) in [5, 5.41) is 0. The summed E-state index contributed by atoms with van der Waals surface area (Å²) in [6.07, 6.45) is 2.91. The maximum atomic E-state index is 13.6. The van der Waals surface area contributed by atoms with Crippen LogP contribution in [0.1, 0.15) is 43.0 Å². The predicted octanol–water partition coefficient (Wildman–Crippen LogP) is 3.50. The van der Waals surface area contributed by atoms with Gasteiger partial charge in [0.15, 0.2) is 5.78 Å². The molecule has 0 saturated heterocycles. The average molecular weight is 254 g/mol. The molecule has 1 aliphatic carbocycles. The lowest BCUT2D eigenvalue weighted by molar-refractivity contribution is -0.0166. The van der Waals surface area contributed by atoms with Crippen molar-refractivity contribution >= 4 is 5.78 Å². The number of carbonyl (C=O) groups is 1. The standard InChI is InChI=1S/C14H16F2O2/c1-2-18-14(7-3-4-8-14)13(17)11-9-10(15)5-6-12(11)16/h5-6,9H,2-4,7-8H2,1H3. The second-order valence-electron chi connectivity index (χ2n) is 4.59. The molecular weight excluding hydrogens is 238 g/mol. The first-order valence-corrected chi connectivity index (χ1v) is 6.23. The summed E-state index contributed by atoms with van der Waals surface area (Å²) in [6.45, 7) is 2.19. The second kappa shape index (κ2) is 5.14. The Morgan fingerprint density at radius 1 is 1.33 bits per heavy atom. The molecule has 0 N–H and O–H groups in total. The molecule has 1 aromatic carbocycles. The van der Waals surface area contributed by atoms with Gasteiger partial charge in [-0.25, -0.2) is 8.78 Å². The summed E-state index contributed by atoms with van der Waals surface area (Å²) in [4.78, 5) is 12.4. The Labute approximate surface area is 105 Å². The summed E-state index contributed by atoms with van der Waals surface area (Å²) >= 11 is 0. The van der Waals surface area contributed by atoms with Crippen molar-refractivity contribution in [2.45, 2.75) is 38.2 Å². The van der Waals surface area contributed by atoms with E-state index in [2.05, 4.69) is 0 Å². The Morgan fingerprint density at radius 3 is 2.61 bits per heavy atom. The highest BCUT2D eigenvalue weighted by Gasteiger charge is 2.43. The Hall–Kier alpha value is -1.29. The van der Waals surface area contributed by atoms with Gasteiger partial charge in [0.05, 0.1) is 5.56 Å². The van der Waals surface area contributed by atoms with Gasteiger partial charge >= 0.3 is 0 Å². The SMILES string of the molecule is CCOC1(C(=O)c2cc(F)ccc2F)CCCC1. The third-order valence-corrected chi connectivity index (χ3v) is 3.42. The highest BCUT2D eigenvalue weighted by molar-refractivity contribution is 6.03. The summed E-state index contributed by atoms with van der Waals surface area (Å²) < 4.78 is 32.3. The van der Waals surface area contributed by atoms with Crippen molar-refractivity contribution in [2.75, 3.05) is 6.61 Å². The Morgan fingerprint density at radius 2 is 2.00 bits per heavy atom. The van der Waals surface area contributed by atoms with Crippen LogP contribution in [-0.2, 0) is 4.74 Å². The molecule has 0 heterocycles. The number of Topliss-reactive ketones (excluding diaryl/α,β-unsaturated/α-hetero) is 1. The van der Waals surface area contributed by atoms with E-state index in [4.69, 9.17) is 4.74 Å². The van der Waals surface area contributed by atoms with E-state index in [9.17, 15) is 13.6 Å². The number of ketones is 1. The van der Waals surface area contributed by atoms with Crippen LogP contribution < -0.4 is 0 Å². The van der Waals surface area contributed by atoms with E-state index in [1.807, 2.05) is 0 Å². The van der Waals surface area contributed by atoms with Crippen LogP contribution in [0, 0.1) is 11.6 Å². The number of carbonyl (C=O) groups excluding carboxylic acids is 1. The Bertz CT molecular complexity index is 451. The molecule has 1 aromatic rings. The quantitative estimate of drug-likeness (QED) is 0.769. The van der Waals surface area contributed by atoms with E-state index >= 15 is 0 Å². The van der Waals surface area contributed by atoms with Crippen molar-refractivity contribution in [1.82, 2.24) is 0 Å². The summed E-state index contributed by atoms with van der Waals surface area (Å²) in [5.74, 6) is -1.73. The van der Waals surface area contributed by atoms with Gasteiger partial charge in [-0.1, -0.05) is 0 Å². The third-order valence-electron chi connectivity index (χ3n) is 3.42. The van der Waals surface area contributed by atoms with Gasteiger partial charge in [0, 0.05) is 6.61 Å². The molecule has 0 radical (unpaired) electrons. The van der Waals surface area contributed by atoms with Crippen LogP contribution in [0.15, 0.2) is 18.2 Å². The molecule has 1 fully saturated rings. The second-order valence-corrected chi connectivity index (χ2v) is 4.59. The van der Waals surface area contributed by atoms with Gasteiger partial charge in [0.1, 0.15) is 17.2 Å². The molecule has 0 spiro atoms. The fourth-order valence-corrected chi connectivity index (χ4v) is 2.58. The van der Waals surface area contributed by atoms with E-state index < -0.39 is 23.0 Å². The monoisotopic (exact) mass is 254 g/mol. The van der Waals surface area contributed by atoms with Crippen molar-refractivity contribution < 1.29 is 18.3 Å². The van der Waals surface area contributed by atoms with Crippen molar-refractivity contribution in [1.29, 1.82) is 0 Å². The lowest BCUT2D eigenvalue weighted by atomic mass is 9.90. The number of rotatable bonds is 4. The number of hydrogen-bond donors (Lipinski definition) is 0. The summed E-state index contributed by atoms with van der Waals surface area (Å²) in [5.41, 5.74) is -1.16. The van der Waals surface area contributed by atoms with Gasteiger partial charge in [0.2, 0.25) is 0 Å². The van der Waals surface area contributed by atoms with Crippen LogP contribution in [0.5, 0.6) is 0 Å². The van der Waals surface area contributed by atoms with E-state index in [0.29, 0.717) is 19.4 Å². The molecule has 1 saturated carbocycles. The van der Waals surface area contributed by atoms with E-state index in [-0.39, 0.29) is 5.56 Å². The molecular formula is C14H16F2O2. The van der Waals surface area contributed by atoms with Crippen LogP contribution >= 0.6 is 0 Å². The minimum absolute atomic E-state index is 0.203. The zero-order valence-corrected chi connectivity index (χ0v) is 10.3. The number of halogens is 2. The van der Waals surface area contributed by atoms with Crippen molar-refractivity contribution in [3.8, 4) is 0 Å². The fourth-order valence-electron chi connectivity index (χ4n) is 2.58. The Kier molecular flexibility index (Phi) is 3.76. The molecule has 0 aliphatic heterocycles. The first-order valence-electron chi connectivity index (χ1n) is 6.23. The molecule has 18 heavy (non-hydrogen) atoms. The lowest BCUT2D eigenvalue weighted by Crippen LogP contribution is -2.39. The van der Waals surface area contributed by atoms with Crippen LogP contribution in [0.25, 0.3) is 0 Å². The highest BCUT2D eigenvalue weighted by Crippen LogP contribution is 2.36. The zero-order valence-electron chi connectivity index (χ0n) is 10.3. The van der Waals surface area contributed by atoms with Gasteiger partial charge in [-0.2, -0.15) is 0 Å². The topological polar surface area (TPSA) is 26.3 Å². The molecule has 0 amide bonds. The fraction of sp³-hybridized carbons (Fsp3) is 0.500. The molecule has 0 bridgehead atoms. The zero-order chi connectivity index (χ0) is 13.2. The molecule has 0 atom stereocenters. The largest absolute Gasteiger partial charge is 0.367 e. The van der Waals surface area contributed by atoms with Crippen molar-refractivity contribution in [2.24, 2.45) is 0 Å². The van der Waals surface area contributed by atoms with Crippen molar-refractivity contribution in [3.05, 3.63) is 35.4 Å². The van der Waals surface area contributed by atoms with Gasteiger partial charge < -0.3 is 4.74 Å². The minimum Gasteiger partial charge on any atom is -0.367 e. The molecule has 0 unspecified atom stereocenters. The van der Waals surface area contributed by atoms with Crippen molar-refractivity contribution in [3.63, 3.8) is 0 Å². The Balaban J connectivity index is 2.36. The van der Waals surface area contributed by atoms with Gasteiger partial charge in [0.25, 0.3) is 0 Å². The molecule has 2 rings (SSSR count). The smallest absolute Gasteiger partial charge is 0.197 e. The van der Waals surface area contributed by atoms with Crippen LogP contribution in [0.4, 0.5) is 8.78 Å². The lowest BCUT2D eigenvalue weighted by Gasteiger charge is -2.27. The molecule has 2 nitrogen and oxygen atoms in total. The number of hydrogen-bond acceptors (Lipinski definition) is 2. The van der Waals surface area contributed by atoms with E-state index in [0.717, 1.165) is 31.0 Å². The molecule has 98 valence electrons. The van der Waals surface area contributed by atoms with Crippen LogP contribution in [0.2, 0.25) is 0 Å². The maximum absolute atomic E-state index is 13.6. The summed E-state index contributed by atoms with van der Waals surface area (Å²) in [6, 6.07) is 2.95. The van der Waals surface area contributed by atoms with Gasteiger partial charge in [-0.05, 0) is 50.8 Å². The minimum atomic E-state index is -0.955. The van der Waals surface area contributed by atoms with Crippen LogP contribution in [0.3, 0.4) is 0 Å². The normalized spacial score (nSPS) is 17.9. The van der Waals surface area contributed by atoms with E-state index in [1.54, 1.807) is 6.92 Å². The summed E-state index contributed by atoms with van der Waals surface area (Å²) in [7, 11) is 0. The predicted molar refractivity (Wildman–Crippen MR) is 63.5 cm³/mol. The molecule has 0 aromatic heterocycles. The number of ether oxygens (including phenoxy) is 1. The van der Waals surface area contributed by atoms with E-state index in [1.165, 1.54) is 0 Å². The average Bonchev–Trinajstić information content (AvgIpc) is 2.82. The molecule has 4 heteroatoms. The maximum Gasteiger partial charge on any atom is 0.197 e. The van der Waals surface area contributed by atoms with Crippen LogP contribution in [-0.4, -0.2) is 18.0 Å². The third kappa shape index (κ3) is 2.29. The first-order chi connectivity index (χ1) is 8.59. The highest BCUT2D eigenvalue weighted by atomic mass is 19.1. The number of benzene rings is 1. The van der Waals surface area contributed by atoms with Gasteiger partial charge in [-0.3, -0.25) is 4.79 Å². The first kappa shape index (κ1) is 13.1. The van der Waals surface area contributed by atoms with Gasteiger partial charge in [-0.15, -0.1) is 0 Å².